The maximum atomic E-state index is 9.26. The fourth-order valence-corrected chi connectivity index (χ4v) is 2.02. The van der Waals surface area contributed by atoms with E-state index in [0.29, 0.717) is 0 Å². The van der Waals surface area contributed by atoms with E-state index in [4.69, 9.17) is 0 Å². The summed E-state index contributed by atoms with van der Waals surface area (Å²) in [5.74, 6) is 0.959. The van der Waals surface area contributed by atoms with Crippen LogP contribution in [0, 0.1) is 5.92 Å². The number of aliphatic hydroxyl groups excluding tert-OH is 1. The van der Waals surface area contributed by atoms with Gasteiger partial charge in [0.15, 0.2) is 0 Å². The predicted molar refractivity (Wildman–Crippen MR) is 44.4 cm³/mol. The lowest BCUT2D eigenvalue weighted by molar-refractivity contribution is 0.155. The molecular formula is C9H17NO. The van der Waals surface area contributed by atoms with Gasteiger partial charge in [-0.3, -0.25) is 0 Å². The summed E-state index contributed by atoms with van der Waals surface area (Å²) in [7, 11) is 0. The van der Waals surface area contributed by atoms with Gasteiger partial charge in [-0.15, -0.1) is 0 Å². The zero-order valence-electron chi connectivity index (χ0n) is 7.00. The Hall–Kier alpha value is -0.0800. The molecule has 0 aromatic carbocycles. The van der Waals surface area contributed by atoms with Gasteiger partial charge in [-0.25, -0.2) is 0 Å². The average Bonchev–Trinajstić information content (AvgIpc) is 2.27. The van der Waals surface area contributed by atoms with Crippen LogP contribution in [0.5, 0.6) is 0 Å². The molecule has 0 amide bonds. The van der Waals surface area contributed by atoms with E-state index in [2.05, 4.69) is 4.90 Å². The molecule has 2 rings (SSSR count). The first-order valence-electron chi connectivity index (χ1n) is 4.75. The largest absolute Gasteiger partial charge is 0.392 e. The van der Waals surface area contributed by atoms with E-state index in [-0.39, 0.29) is 6.10 Å². The zero-order valence-corrected chi connectivity index (χ0v) is 7.00. The summed E-state index contributed by atoms with van der Waals surface area (Å²) >= 11 is 0. The topological polar surface area (TPSA) is 23.5 Å². The molecule has 1 unspecified atom stereocenters. The van der Waals surface area contributed by atoms with Crippen LogP contribution in [0.3, 0.4) is 0 Å². The highest BCUT2D eigenvalue weighted by Crippen LogP contribution is 2.28. The monoisotopic (exact) mass is 155 g/mol. The molecule has 2 nitrogen and oxygen atoms in total. The number of hydrogen-bond acceptors (Lipinski definition) is 2. The molecule has 2 aliphatic rings. The zero-order chi connectivity index (χ0) is 7.68. The van der Waals surface area contributed by atoms with Crippen LogP contribution in [0.25, 0.3) is 0 Å². The van der Waals surface area contributed by atoms with Gasteiger partial charge in [0.25, 0.3) is 0 Å². The first-order chi connectivity index (χ1) is 5.34. The van der Waals surface area contributed by atoms with Crippen molar-refractivity contribution >= 4 is 0 Å². The fraction of sp³-hybridized carbons (Fsp3) is 1.00. The predicted octanol–water partition coefficient (Wildman–Crippen LogP) is 0.853. The van der Waals surface area contributed by atoms with Crippen molar-refractivity contribution in [1.82, 2.24) is 4.90 Å². The Labute approximate surface area is 68.2 Å². The third-order valence-corrected chi connectivity index (χ3v) is 2.99. The van der Waals surface area contributed by atoms with Crippen molar-refractivity contribution in [2.75, 3.05) is 19.6 Å². The maximum Gasteiger partial charge on any atom is 0.0679 e. The molecule has 11 heavy (non-hydrogen) atoms. The summed E-state index contributed by atoms with van der Waals surface area (Å²) in [6.45, 7) is 3.30. The molecule has 0 aromatic heterocycles. The summed E-state index contributed by atoms with van der Waals surface area (Å²) in [6.07, 6.45) is 5.24. The van der Waals surface area contributed by atoms with Crippen LogP contribution in [-0.4, -0.2) is 35.7 Å². The minimum Gasteiger partial charge on any atom is -0.392 e. The molecule has 1 N–H and O–H groups in total. The lowest BCUT2D eigenvalue weighted by Crippen LogP contribution is -2.31. The van der Waals surface area contributed by atoms with Crippen molar-refractivity contribution in [2.24, 2.45) is 5.92 Å². The second-order valence-corrected chi connectivity index (χ2v) is 4.00. The van der Waals surface area contributed by atoms with Gasteiger partial charge in [-0.1, -0.05) is 6.42 Å². The van der Waals surface area contributed by atoms with Crippen LogP contribution < -0.4 is 0 Å². The van der Waals surface area contributed by atoms with E-state index in [1.807, 2.05) is 0 Å². The van der Waals surface area contributed by atoms with Crippen molar-refractivity contribution in [2.45, 2.75) is 31.8 Å². The second kappa shape index (κ2) is 3.11. The van der Waals surface area contributed by atoms with Crippen molar-refractivity contribution in [3.8, 4) is 0 Å². The van der Waals surface area contributed by atoms with Gasteiger partial charge in [0, 0.05) is 19.6 Å². The first kappa shape index (κ1) is 7.56. The fourth-order valence-electron chi connectivity index (χ4n) is 2.02. The summed E-state index contributed by atoms with van der Waals surface area (Å²) < 4.78 is 0. The van der Waals surface area contributed by atoms with Crippen molar-refractivity contribution < 1.29 is 5.11 Å². The number of likely N-dealkylation sites (tertiary alicyclic amines) is 1. The molecule has 1 saturated carbocycles. The minimum absolute atomic E-state index is 0.0323. The highest BCUT2D eigenvalue weighted by Gasteiger charge is 2.25. The molecule has 2 heteroatoms. The number of rotatable bonds is 2. The Morgan fingerprint density at radius 3 is 2.55 bits per heavy atom. The quantitative estimate of drug-likeness (QED) is 0.639. The summed E-state index contributed by atoms with van der Waals surface area (Å²) in [5.41, 5.74) is 0. The molecule has 0 radical (unpaired) electrons. The Bertz CT molecular complexity index is 134. The third kappa shape index (κ3) is 1.74. The van der Waals surface area contributed by atoms with Crippen molar-refractivity contribution in [1.29, 1.82) is 0 Å². The van der Waals surface area contributed by atoms with E-state index in [1.165, 1.54) is 25.8 Å². The Morgan fingerprint density at radius 1 is 1.27 bits per heavy atom. The molecule has 64 valence electrons. The minimum atomic E-state index is -0.0323. The molecule has 1 aliphatic heterocycles. The van der Waals surface area contributed by atoms with Crippen molar-refractivity contribution in [3.63, 3.8) is 0 Å². The van der Waals surface area contributed by atoms with E-state index in [9.17, 15) is 5.11 Å². The molecule has 1 heterocycles. The van der Waals surface area contributed by atoms with Gasteiger partial charge < -0.3 is 10.0 Å². The smallest absolute Gasteiger partial charge is 0.0679 e. The van der Waals surface area contributed by atoms with Crippen LogP contribution in [0.4, 0.5) is 0 Å². The normalized spacial score (nSPS) is 34.1. The van der Waals surface area contributed by atoms with E-state index in [0.717, 1.165) is 25.4 Å². The van der Waals surface area contributed by atoms with Crippen LogP contribution in [0.1, 0.15) is 25.7 Å². The van der Waals surface area contributed by atoms with Gasteiger partial charge in [0.1, 0.15) is 0 Å². The van der Waals surface area contributed by atoms with Gasteiger partial charge >= 0.3 is 0 Å². The molecule has 1 atom stereocenters. The molecule has 1 saturated heterocycles. The lowest BCUT2D eigenvalue weighted by atomic mass is 9.85. The van der Waals surface area contributed by atoms with Gasteiger partial charge in [0.05, 0.1) is 6.10 Å². The standard InChI is InChI=1S/C9H17NO/c11-9-4-5-10(7-9)6-8-2-1-3-8/h8-9,11H,1-7H2. The van der Waals surface area contributed by atoms with Crippen LogP contribution in [0.15, 0.2) is 0 Å². The number of β-amino-alcohol motifs (C(OH)–C–C–N with tert-alkyl or cyclic N) is 1. The molecule has 0 aromatic rings. The maximum absolute atomic E-state index is 9.26. The van der Waals surface area contributed by atoms with Gasteiger partial charge in [-0.05, 0) is 25.2 Å². The molecule has 1 aliphatic carbocycles. The summed E-state index contributed by atoms with van der Waals surface area (Å²) in [5, 5.41) is 9.26. The van der Waals surface area contributed by atoms with Gasteiger partial charge in [0.2, 0.25) is 0 Å². The van der Waals surface area contributed by atoms with Crippen LogP contribution in [-0.2, 0) is 0 Å². The molecule has 2 fully saturated rings. The van der Waals surface area contributed by atoms with Crippen LogP contribution >= 0.6 is 0 Å². The van der Waals surface area contributed by atoms with Gasteiger partial charge in [-0.2, -0.15) is 0 Å². The number of aliphatic hydroxyl groups is 1. The average molecular weight is 155 g/mol. The van der Waals surface area contributed by atoms with E-state index in [1.54, 1.807) is 0 Å². The first-order valence-corrected chi connectivity index (χ1v) is 4.75. The SMILES string of the molecule is OC1CCN(CC2CCC2)C1. The lowest BCUT2D eigenvalue weighted by Gasteiger charge is -2.29. The van der Waals surface area contributed by atoms with Crippen LogP contribution in [0.2, 0.25) is 0 Å². The highest BCUT2D eigenvalue weighted by atomic mass is 16.3. The Kier molecular flexibility index (Phi) is 2.14. The van der Waals surface area contributed by atoms with E-state index >= 15 is 0 Å². The summed E-state index contributed by atoms with van der Waals surface area (Å²) in [6, 6.07) is 0. The third-order valence-electron chi connectivity index (χ3n) is 2.99. The summed E-state index contributed by atoms with van der Waals surface area (Å²) in [4.78, 5) is 2.41. The number of hydrogen-bond donors (Lipinski definition) is 1. The highest BCUT2D eigenvalue weighted by molar-refractivity contribution is 4.79. The second-order valence-electron chi connectivity index (χ2n) is 4.00. The Morgan fingerprint density at radius 2 is 2.09 bits per heavy atom. The molecule has 0 spiro atoms. The number of nitrogens with zero attached hydrogens (tertiary/aromatic N) is 1. The molecule has 0 bridgehead atoms. The van der Waals surface area contributed by atoms with E-state index < -0.39 is 0 Å². The molecular weight excluding hydrogens is 138 g/mol. The Balaban J connectivity index is 1.70. The van der Waals surface area contributed by atoms with Crippen molar-refractivity contribution in [3.05, 3.63) is 0 Å².